The quantitative estimate of drug-likeness (QED) is 0.526. The molecule has 0 fully saturated rings. The van der Waals surface area contributed by atoms with Gasteiger partial charge in [-0.3, -0.25) is 0 Å². The van der Waals surface area contributed by atoms with E-state index >= 15 is 0 Å². The third-order valence-electron chi connectivity index (χ3n) is 2.24. The first-order valence-corrected chi connectivity index (χ1v) is 6.01. The average Bonchev–Trinajstić information content (AvgIpc) is 2.45. The fourth-order valence-corrected chi connectivity index (χ4v) is 2.21. The number of hydrogen-bond donors (Lipinski definition) is 1. The minimum absolute atomic E-state index is 0.360. The first-order chi connectivity index (χ1) is 5.83. The van der Waals surface area contributed by atoms with Gasteiger partial charge in [0.1, 0.15) is 0 Å². The molecule has 1 rings (SSSR count). The van der Waals surface area contributed by atoms with Crippen LogP contribution in [0.1, 0.15) is 32.6 Å². The lowest BCUT2D eigenvalue weighted by molar-refractivity contribution is 0.760. The van der Waals surface area contributed by atoms with Crippen molar-refractivity contribution in [2.45, 2.75) is 38.6 Å². The Kier molecular flexibility index (Phi) is 4.77. The van der Waals surface area contributed by atoms with E-state index in [0.717, 1.165) is 0 Å². The van der Waals surface area contributed by atoms with Crippen molar-refractivity contribution in [2.75, 3.05) is 11.5 Å². The summed E-state index contributed by atoms with van der Waals surface area (Å²) in [5.74, 6) is 2.56. The molecule has 0 spiro atoms. The summed E-state index contributed by atoms with van der Waals surface area (Å²) in [4.78, 5) is 0. The predicted octanol–water partition coefficient (Wildman–Crippen LogP) is 2.57. The Morgan fingerprint density at radius 2 is 2.50 bits per heavy atom. The lowest BCUT2D eigenvalue weighted by Gasteiger charge is -1.99. The minimum atomic E-state index is 0.360. The molecule has 1 aliphatic rings. The van der Waals surface area contributed by atoms with Gasteiger partial charge in [-0.1, -0.05) is 18.6 Å². The van der Waals surface area contributed by atoms with E-state index in [2.05, 4.69) is 13.0 Å². The zero-order valence-corrected chi connectivity index (χ0v) is 8.70. The fourth-order valence-electron chi connectivity index (χ4n) is 1.58. The second-order valence-corrected chi connectivity index (χ2v) is 4.72. The second kappa shape index (κ2) is 5.65. The van der Waals surface area contributed by atoms with E-state index in [-0.39, 0.29) is 0 Å². The summed E-state index contributed by atoms with van der Waals surface area (Å²) in [5, 5.41) is 0. The maximum atomic E-state index is 5.77. The average molecular weight is 185 g/mol. The van der Waals surface area contributed by atoms with Gasteiger partial charge in [-0.25, -0.2) is 0 Å². The van der Waals surface area contributed by atoms with Crippen LogP contribution in [0.2, 0.25) is 0 Å². The first-order valence-electron chi connectivity index (χ1n) is 4.86. The van der Waals surface area contributed by atoms with Crippen molar-refractivity contribution in [3.63, 3.8) is 0 Å². The van der Waals surface area contributed by atoms with E-state index in [9.17, 15) is 0 Å². The number of allylic oxidation sites excluding steroid dienone is 1. The molecule has 0 amide bonds. The van der Waals surface area contributed by atoms with Crippen LogP contribution in [-0.2, 0) is 0 Å². The number of thioether (sulfide) groups is 1. The molecule has 12 heavy (non-hydrogen) atoms. The van der Waals surface area contributed by atoms with Crippen LogP contribution in [0.3, 0.4) is 0 Å². The van der Waals surface area contributed by atoms with Gasteiger partial charge in [-0.2, -0.15) is 11.8 Å². The van der Waals surface area contributed by atoms with E-state index in [1.807, 2.05) is 11.8 Å². The van der Waals surface area contributed by atoms with Gasteiger partial charge in [0.25, 0.3) is 0 Å². The minimum Gasteiger partial charge on any atom is -0.324 e. The molecule has 1 atom stereocenters. The van der Waals surface area contributed by atoms with Gasteiger partial charge in [-0.15, -0.1) is 0 Å². The normalized spacial score (nSPS) is 22.8. The summed E-state index contributed by atoms with van der Waals surface area (Å²) in [6.07, 6.45) is 7.29. The predicted molar refractivity (Wildman–Crippen MR) is 57.5 cm³/mol. The molecule has 2 heteroatoms. The lowest BCUT2D eigenvalue weighted by Crippen LogP contribution is -2.11. The van der Waals surface area contributed by atoms with E-state index in [1.165, 1.54) is 37.2 Å². The Hall–Kier alpha value is 0.0500. The summed E-state index contributed by atoms with van der Waals surface area (Å²) in [6, 6.07) is 0.360. The van der Waals surface area contributed by atoms with Crippen molar-refractivity contribution < 1.29 is 0 Å². The van der Waals surface area contributed by atoms with Crippen LogP contribution in [0.4, 0.5) is 0 Å². The van der Waals surface area contributed by atoms with E-state index < -0.39 is 0 Å². The zero-order valence-electron chi connectivity index (χ0n) is 7.88. The molecule has 2 N–H and O–H groups in total. The fraction of sp³-hybridized carbons (Fsp3) is 0.800. The van der Waals surface area contributed by atoms with Crippen molar-refractivity contribution in [3.8, 4) is 0 Å². The Morgan fingerprint density at radius 3 is 3.08 bits per heavy atom. The van der Waals surface area contributed by atoms with Gasteiger partial charge in [0.2, 0.25) is 0 Å². The van der Waals surface area contributed by atoms with Crippen LogP contribution in [0.25, 0.3) is 0 Å². The molecular weight excluding hydrogens is 166 g/mol. The third-order valence-corrected chi connectivity index (χ3v) is 3.22. The largest absolute Gasteiger partial charge is 0.324 e. The van der Waals surface area contributed by atoms with Gasteiger partial charge < -0.3 is 5.73 Å². The summed E-state index contributed by atoms with van der Waals surface area (Å²) in [6.45, 7) is 2.22. The highest BCUT2D eigenvalue weighted by Gasteiger charge is 2.10. The molecule has 0 aliphatic heterocycles. The monoisotopic (exact) mass is 185 g/mol. The summed E-state index contributed by atoms with van der Waals surface area (Å²) in [7, 11) is 0. The summed E-state index contributed by atoms with van der Waals surface area (Å²) < 4.78 is 0. The Labute approximate surface area is 79.8 Å². The molecular formula is C10H19NS. The third kappa shape index (κ3) is 3.63. The highest BCUT2D eigenvalue weighted by Crippen LogP contribution is 2.22. The molecule has 1 nitrogen and oxygen atoms in total. The van der Waals surface area contributed by atoms with E-state index in [1.54, 1.807) is 5.57 Å². The smallest absolute Gasteiger partial charge is 0.0229 e. The number of hydrogen-bond acceptors (Lipinski definition) is 2. The molecule has 1 aliphatic carbocycles. The maximum absolute atomic E-state index is 5.77. The number of rotatable bonds is 5. The Bertz CT molecular complexity index is 154. The molecule has 0 aromatic carbocycles. The van der Waals surface area contributed by atoms with Crippen LogP contribution in [0.5, 0.6) is 0 Å². The van der Waals surface area contributed by atoms with Crippen LogP contribution in [-0.4, -0.2) is 17.5 Å². The maximum Gasteiger partial charge on any atom is 0.0229 e. The highest BCUT2D eigenvalue weighted by atomic mass is 32.2. The standard InChI is InChI=1S/C10H19NS/c1-2-12-7-3-4-9-5-6-10(11)8-9/h8,10H,2-7,11H2,1H3. The second-order valence-electron chi connectivity index (χ2n) is 3.33. The van der Waals surface area contributed by atoms with E-state index in [0.29, 0.717) is 6.04 Å². The van der Waals surface area contributed by atoms with Crippen LogP contribution in [0, 0.1) is 0 Å². The molecule has 0 aromatic rings. The highest BCUT2D eigenvalue weighted by molar-refractivity contribution is 7.99. The Morgan fingerprint density at radius 1 is 1.67 bits per heavy atom. The van der Waals surface area contributed by atoms with E-state index in [4.69, 9.17) is 5.73 Å². The van der Waals surface area contributed by atoms with Gasteiger partial charge in [0.15, 0.2) is 0 Å². The molecule has 1 unspecified atom stereocenters. The summed E-state index contributed by atoms with van der Waals surface area (Å²) in [5.41, 5.74) is 7.37. The molecule has 0 aromatic heterocycles. The molecule has 0 radical (unpaired) electrons. The van der Waals surface area contributed by atoms with Crippen LogP contribution in [0.15, 0.2) is 11.6 Å². The SMILES string of the molecule is CCSCCCC1=CC(N)CC1. The molecule has 0 heterocycles. The topological polar surface area (TPSA) is 26.0 Å². The van der Waals surface area contributed by atoms with Crippen molar-refractivity contribution in [2.24, 2.45) is 5.73 Å². The van der Waals surface area contributed by atoms with Gasteiger partial charge in [-0.05, 0) is 37.2 Å². The van der Waals surface area contributed by atoms with Crippen molar-refractivity contribution in [3.05, 3.63) is 11.6 Å². The van der Waals surface area contributed by atoms with Crippen LogP contribution >= 0.6 is 11.8 Å². The summed E-state index contributed by atoms with van der Waals surface area (Å²) >= 11 is 2.03. The first kappa shape index (κ1) is 10.1. The van der Waals surface area contributed by atoms with Crippen molar-refractivity contribution >= 4 is 11.8 Å². The number of nitrogens with two attached hydrogens (primary N) is 1. The molecule has 0 bridgehead atoms. The molecule has 0 saturated carbocycles. The van der Waals surface area contributed by atoms with Crippen molar-refractivity contribution in [1.29, 1.82) is 0 Å². The van der Waals surface area contributed by atoms with Gasteiger partial charge in [0, 0.05) is 6.04 Å². The van der Waals surface area contributed by atoms with Crippen molar-refractivity contribution in [1.82, 2.24) is 0 Å². The lowest BCUT2D eigenvalue weighted by atomic mass is 10.1. The molecule has 0 saturated heterocycles. The Balaban J connectivity index is 2.03. The zero-order chi connectivity index (χ0) is 8.81. The van der Waals surface area contributed by atoms with Crippen LogP contribution < -0.4 is 5.73 Å². The molecule has 70 valence electrons. The van der Waals surface area contributed by atoms with Gasteiger partial charge >= 0.3 is 0 Å². The van der Waals surface area contributed by atoms with Gasteiger partial charge in [0.05, 0.1) is 0 Å².